The summed E-state index contributed by atoms with van der Waals surface area (Å²) in [4.78, 5) is 26.7. The Hall–Kier alpha value is -2.63. The first-order valence-corrected chi connectivity index (χ1v) is 8.71. The first-order valence-electron chi connectivity index (χ1n) is 8.71. The maximum atomic E-state index is 13.0. The van der Waals surface area contributed by atoms with E-state index in [4.69, 9.17) is 0 Å². The molecule has 6 nitrogen and oxygen atoms in total. The quantitative estimate of drug-likeness (QED) is 0.866. The zero-order valence-corrected chi connectivity index (χ0v) is 14.6. The van der Waals surface area contributed by atoms with Gasteiger partial charge in [-0.25, -0.2) is 4.79 Å². The van der Waals surface area contributed by atoms with Gasteiger partial charge in [0.05, 0.1) is 6.20 Å². The van der Waals surface area contributed by atoms with Gasteiger partial charge in [0.15, 0.2) is 0 Å². The van der Waals surface area contributed by atoms with Crippen molar-refractivity contribution in [1.82, 2.24) is 20.0 Å². The standard InChI is InChI=1S/C19H22N4O2/c1-19(16-7-6-14-4-3-5-15(14)10-16)17(24)23(18(25)21-19)9-8-13-11-20-22(2)12-13/h6-7,10-12H,3-5,8-9H2,1-2H3,(H,21,25). The van der Waals surface area contributed by atoms with Crippen LogP contribution in [0.4, 0.5) is 4.79 Å². The van der Waals surface area contributed by atoms with E-state index in [0.29, 0.717) is 13.0 Å². The number of benzene rings is 1. The molecule has 1 atom stereocenters. The van der Waals surface area contributed by atoms with Crippen LogP contribution in [0.2, 0.25) is 0 Å². The van der Waals surface area contributed by atoms with Crippen molar-refractivity contribution in [2.24, 2.45) is 7.05 Å². The lowest BCUT2D eigenvalue weighted by Gasteiger charge is -2.23. The number of rotatable bonds is 4. The Morgan fingerprint density at radius 1 is 1.24 bits per heavy atom. The van der Waals surface area contributed by atoms with Crippen LogP contribution in [0.25, 0.3) is 0 Å². The number of aryl methyl sites for hydroxylation is 3. The van der Waals surface area contributed by atoms with Crippen molar-refractivity contribution in [1.29, 1.82) is 0 Å². The molecule has 0 saturated carbocycles. The highest BCUT2D eigenvalue weighted by Gasteiger charge is 2.48. The summed E-state index contributed by atoms with van der Waals surface area (Å²) >= 11 is 0. The molecule has 1 aliphatic carbocycles. The van der Waals surface area contributed by atoms with Gasteiger partial charge >= 0.3 is 6.03 Å². The van der Waals surface area contributed by atoms with Crippen molar-refractivity contribution in [3.05, 3.63) is 52.8 Å². The largest absolute Gasteiger partial charge is 0.325 e. The molecule has 1 aliphatic heterocycles. The fourth-order valence-electron chi connectivity index (χ4n) is 3.82. The second-order valence-electron chi connectivity index (χ2n) is 7.12. The van der Waals surface area contributed by atoms with E-state index < -0.39 is 5.54 Å². The van der Waals surface area contributed by atoms with Crippen LogP contribution in [0.3, 0.4) is 0 Å². The monoisotopic (exact) mass is 338 g/mol. The van der Waals surface area contributed by atoms with Crippen LogP contribution in [0.5, 0.6) is 0 Å². The van der Waals surface area contributed by atoms with E-state index in [1.165, 1.54) is 16.0 Å². The van der Waals surface area contributed by atoms with Crippen molar-refractivity contribution in [3.63, 3.8) is 0 Å². The topological polar surface area (TPSA) is 67.2 Å². The Kier molecular flexibility index (Phi) is 3.63. The predicted octanol–water partition coefficient (Wildman–Crippen LogP) is 1.92. The van der Waals surface area contributed by atoms with Crippen molar-refractivity contribution in [2.45, 2.75) is 38.1 Å². The number of nitrogens with zero attached hydrogens (tertiary/aromatic N) is 3. The molecule has 1 aromatic heterocycles. The predicted molar refractivity (Wildman–Crippen MR) is 93.0 cm³/mol. The van der Waals surface area contributed by atoms with Crippen molar-refractivity contribution < 1.29 is 9.59 Å². The van der Waals surface area contributed by atoms with E-state index in [1.807, 2.05) is 19.3 Å². The average molecular weight is 338 g/mol. The molecule has 3 amide bonds. The summed E-state index contributed by atoms with van der Waals surface area (Å²) in [6.45, 7) is 2.16. The summed E-state index contributed by atoms with van der Waals surface area (Å²) in [6.07, 6.45) is 7.58. The van der Waals surface area contributed by atoms with Gasteiger partial charge in [-0.05, 0) is 54.9 Å². The third kappa shape index (κ3) is 2.62. The second kappa shape index (κ2) is 5.72. The lowest BCUT2D eigenvalue weighted by Crippen LogP contribution is -2.41. The highest BCUT2D eigenvalue weighted by Crippen LogP contribution is 2.32. The van der Waals surface area contributed by atoms with E-state index >= 15 is 0 Å². The molecule has 130 valence electrons. The Labute approximate surface area is 146 Å². The summed E-state index contributed by atoms with van der Waals surface area (Å²) < 4.78 is 1.72. The minimum atomic E-state index is -0.982. The van der Waals surface area contributed by atoms with Crippen LogP contribution in [-0.2, 0) is 36.6 Å². The van der Waals surface area contributed by atoms with Gasteiger partial charge in [0.25, 0.3) is 5.91 Å². The number of hydrogen-bond donors (Lipinski definition) is 1. The molecule has 2 aromatic rings. The lowest BCUT2D eigenvalue weighted by atomic mass is 9.89. The van der Waals surface area contributed by atoms with Crippen LogP contribution in [0, 0.1) is 0 Å². The Bertz CT molecular complexity index is 857. The molecule has 0 bridgehead atoms. The molecule has 2 heterocycles. The Morgan fingerprint density at radius 2 is 2.04 bits per heavy atom. The van der Waals surface area contributed by atoms with Gasteiger partial charge in [0.2, 0.25) is 0 Å². The third-order valence-corrected chi connectivity index (χ3v) is 5.33. The molecule has 0 spiro atoms. The van der Waals surface area contributed by atoms with Crippen molar-refractivity contribution in [2.75, 3.05) is 6.54 Å². The Morgan fingerprint density at radius 3 is 2.80 bits per heavy atom. The number of carbonyl (C=O) groups is 2. The van der Waals surface area contributed by atoms with Crippen molar-refractivity contribution in [3.8, 4) is 0 Å². The van der Waals surface area contributed by atoms with Gasteiger partial charge < -0.3 is 5.32 Å². The molecule has 1 saturated heterocycles. The maximum absolute atomic E-state index is 13.0. The average Bonchev–Trinajstić information content (AvgIpc) is 3.26. The number of nitrogens with one attached hydrogen (secondary N) is 1. The van der Waals surface area contributed by atoms with Gasteiger partial charge in [0.1, 0.15) is 5.54 Å². The molecule has 4 rings (SSSR count). The van der Waals surface area contributed by atoms with Crippen LogP contribution in [0.15, 0.2) is 30.6 Å². The Balaban J connectivity index is 1.55. The van der Waals surface area contributed by atoms with E-state index in [-0.39, 0.29) is 11.9 Å². The molecule has 0 radical (unpaired) electrons. The summed E-state index contributed by atoms with van der Waals surface area (Å²) in [5.41, 5.74) is 3.56. The lowest BCUT2D eigenvalue weighted by molar-refractivity contribution is -0.131. The van der Waals surface area contributed by atoms with E-state index in [9.17, 15) is 9.59 Å². The number of carbonyl (C=O) groups excluding carboxylic acids is 2. The van der Waals surface area contributed by atoms with Crippen molar-refractivity contribution >= 4 is 11.9 Å². The molecular weight excluding hydrogens is 316 g/mol. The fraction of sp³-hybridized carbons (Fsp3) is 0.421. The van der Waals surface area contributed by atoms with Gasteiger partial charge in [-0.15, -0.1) is 0 Å². The third-order valence-electron chi connectivity index (χ3n) is 5.33. The van der Waals surface area contributed by atoms with Crippen LogP contribution in [0.1, 0.15) is 35.6 Å². The number of hydrogen-bond acceptors (Lipinski definition) is 3. The molecular formula is C19H22N4O2. The smallest absolute Gasteiger partial charge is 0.319 e. The highest BCUT2D eigenvalue weighted by atomic mass is 16.2. The number of aromatic nitrogens is 2. The van der Waals surface area contributed by atoms with Gasteiger partial charge in [-0.2, -0.15) is 5.10 Å². The number of amides is 3. The van der Waals surface area contributed by atoms with Gasteiger partial charge in [-0.1, -0.05) is 18.2 Å². The number of fused-ring (bicyclic) bond motifs is 1. The molecule has 1 fully saturated rings. The summed E-state index contributed by atoms with van der Waals surface area (Å²) in [5, 5.41) is 7.02. The van der Waals surface area contributed by atoms with E-state index in [2.05, 4.69) is 22.5 Å². The van der Waals surface area contributed by atoms with Gasteiger partial charge in [0, 0.05) is 19.8 Å². The first-order chi connectivity index (χ1) is 12.0. The minimum absolute atomic E-state index is 0.181. The van der Waals surface area contributed by atoms with Crippen LogP contribution in [-0.4, -0.2) is 33.2 Å². The minimum Gasteiger partial charge on any atom is -0.319 e. The summed E-state index contributed by atoms with van der Waals surface area (Å²) in [5.74, 6) is -0.181. The van der Waals surface area contributed by atoms with E-state index in [0.717, 1.165) is 30.4 Å². The zero-order chi connectivity index (χ0) is 17.6. The number of imide groups is 1. The fourth-order valence-corrected chi connectivity index (χ4v) is 3.82. The summed E-state index contributed by atoms with van der Waals surface area (Å²) in [6, 6.07) is 5.84. The van der Waals surface area contributed by atoms with E-state index in [1.54, 1.807) is 17.8 Å². The number of urea groups is 1. The van der Waals surface area contributed by atoms with Gasteiger partial charge in [-0.3, -0.25) is 14.4 Å². The van der Waals surface area contributed by atoms with Crippen LogP contribution >= 0.6 is 0 Å². The second-order valence-corrected chi connectivity index (χ2v) is 7.12. The molecule has 1 N–H and O–H groups in total. The first kappa shape index (κ1) is 15.9. The normalized spacial score (nSPS) is 22.4. The molecule has 25 heavy (non-hydrogen) atoms. The molecule has 6 heteroatoms. The molecule has 1 unspecified atom stereocenters. The highest BCUT2D eigenvalue weighted by molar-refractivity contribution is 6.07. The maximum Gasteiger partial charge on any atom is 0.325 e. The molecule has 2 aliphatic rings. The zero-order valence-electron chi connectivity index (χ0n) is 14.6. The van der Waals surface area contributed by atoms with Crippen LogP contribution < -0.4 is 5.32 Å². The molecule has 1 aromatic carbocycles. The summed E-state index contributed by atoms with van der Waals surface area (Å²) in [7, 11) is 1.85. The SMILES string of the molecule is Cn1cc(CCN2C(=O)NC(C)(c3ccc4c(c3)CCC4)C2=O)cn1.